The minimum absolute atomic E-state index is 0.0376. The normalized spacial score (nSPS) is 19.9. The smallest absolute Gasteiger partial charge is 0.313 e. The summed E-state index contributed by atoms with van der Waals surface area (Å²) in [6.45, 7) is 2.82. The first kappa shape index (κ1) is 13.7. The van der Waals surface area contributed by atoms with Gasteiger partial charge < -0.3 is 9.67 Å². The second-order valence-electron chi connectivity index (χ2n) is 4.31. The Bertz CT molecular complexity index is 416. The largest absolute Gasteiger partial charge is 0.481 e. The van der Waals surface area contributed by atoms with E-state index in [9.17, 15) is 4.79 Å². The Morgan fingerprint density at radius 2 is 2.39 bits per heavy atom. The van der Waals surface area contributed by atoms with Crippen molar-refractivity contribution < 1.29 is 9.90 Å². The third kappa shape index (κ3) is 3.65. The minimum atomic E-state index is -0.820. The predicted octanol–water partition coefficient (Wildman–Crippen LogP) is 2.05. The van der Waals surface area contributed by atoms with Crippen LogP contribution in [0.3, 0.4) is 0 Å². The highest BCUT2D eigenvalue weighted by molar-refractivity contribution is 8.00. The number of aromatic nitrogens is 3. The Morgan fingerprint density at radius 3 is 3.06 bits per heavy atom. The van der Waals surface area contributed by atoms with Gasteiger partial charge in [-0.2, -0.15) is 11.8 Å². The van der Waals surface area contributed by atoms with Crippen LogP contribution in [0.1, 0.15) is 25.1 Å². The van der Waals surface area contributed by atoms with Gasteiger partial charge in [0.1, 0.15) is 5.82 Å². The molecule has 1 saturated heterocycles. The zero-order chi connectivity index (χ0) is 13.0. The van der Waals surface area contributed by atoms with Crippen LogP contribution in [-0.4, -0.2) is 42.6 Å². The molecule has 0 radical (unpaired) electrons. The average molecular weight is 287 g/mol. The Morgan fingerprint density at radius 1 is 1.56 bits per heavy atom. The molecule has 7 heteroatoms. The van der Waals surface area contributed by atoms with E-state index in [0.29, 0.717) is 5.25 Å². The van der Waals surface area contributed by atoms with Crippen LogP contribution in [0.5, 0.6) is 0 Å². The Hall–Kier alpha value is -0.690. The van der Waals surface area contributed by atoms with Crippen LogP contribution in [0.2, 0.25) is 0 Å². The number of nitrogens with zero attached hydrogens (tertiary/aromatic N) is 3. The van der Waals surface area contributed by atoms with Gasteiger partial charge in [-0.15, -0.1) is 10.2 Å². The van der Waals surface area contributed by atoms with Gasteiger partial charge >= 0.3 is 5.97 Å². The van der Waals surface area contributed by atoms with Crippen molar-refractivity contribution in [3.05, 3.63) is 5.82 Å². The van der Waals surface area contributed by atoms with E-state index < -0.39 is 5.97 Å². The first-order valence-electron chi connectivity index (χ1n) is 6.03. The minimum Gasteiger partial charge on any atom is -0.481 e. The van der Waals surface area contributed by atoms with Crippen LogP contribution in [0, 0.1) is 6.92 Å². The lowest BCUT2D eigenvalue weighted by Gasteiger charge is -2.22. The molecule has 2 rings (SSSR count). The van der Waals surface area contributed by atoms with Crippen LogP contribution in [0.25, 0.3) is 0 Å². The first-order valence-corrected chi connectivity index (χ1v) is 8.06. The lowest BCUT2D eigenvalue weighted by Crippen LogP contribution is -2.18. The van der Waals surface area contributed by atoms with E-state index in [1.54, 1.807) is 0 Å². The average Bonchev–Trinajstić information content (AvgIpc) is 2.70. The number of carboxylic acids is 1. The van der Waals surface area contributed by atoms with Crippen molar-refractivity contribution in [3.8, 4) is 0 Å². The fraction of sp³-hybridized carbons (Fsp3) is 0.727. The van der Waals surface area contributed by atoms with Crippen LogP contribution < -0.4 is 0 Å². The molecule has 0 spiro atoms. The molecule has 0 saturated carbocycles. The molecule has 1 aromatic rings. The second-order valence-corrected chi connectivity index (χ2v) is 6.66. The summed E-state index contributed by atoms with van der Waals surface area (Å²) in [7, 11) is 0. The van der Waals surface area contributed by atoms with Gasteiger partial charge in [0.15, 0.2) is 5.16 Å². The zero-order valence-corrected chi connectivity index (χ0v) is 12.0. The molecule has 5 nitrogen and oxygen atoms in total. The number of rotatable bonds is 5. The van der Waals surface area contributed by atoms with E-state index >= 15 is 0 Å². The molecule has 1 unspecified atom stereocenters. The summed E-state index contributed by atoms with van der Waals surface area (Å²) in [5.74, 6) is 1.31. The summed E-state index contributed by atoms with van der Waals surface area (Å²) in [5.41, 5.74) is 0. The van der Waals surface area contributed by atoms with Crippen molar-refractivity contribution in [1.29, 1.82) is 0 Å². The monoisotopic (exact) mass is 287 g/mol. The zero-order valence-electron chi connectivity index (χ0n) is 10.3. The second kappa shape index (κ2) is 6.47. The van der Waals surface area contributed by atoms with E-state index in [2.05, 4.69) is 14.8 Å². The van der Waals surface area contributed by atoms with Crippen LogP contribution in [0.4, 0.5) is 0 Å². The van der Waals surface area contributed by atoms with Gasteiger partial charge in [0.2, 0.25) is 0 Å². The van der Waals surface area contributed by atoms with Crippen molar-refractivity contribution >= 4 is 29.5 Å². The molecule has 0 amide bonds. The van der Waals surface area contributed by atoms with Crippen LogP contribution in [-0.2, 0) is 11.3 Å². The molecule has 100 valence electrons. The predicted molar refractivity (Wildman–Crippen MR) is 73.2 cm³/mol. The number of aliphatic carboxylic acids is 1. The molecule has 0 bridgehead atoms. The third-order valence-electron chi connectivity index (χ3n) is 2.89. The molecule has 1 atom stereocenters. The van der Waals surface area contributed by atoms with Crippen LogP contribution in [0.15, 0.2) is 5.16 Å². The van der Waals surface area contributed by atoms with E-state index in [4.69, 9.17) is 5.11 Å². The molecular weight excluding hydrogens is 270 g/mol. The summed E-state index contributed by atoms with van der Waals surface area (Å²) in [4.78, 5) is 10.6. The maximum Gasteiger partial charge on any atom is 0.313 e. The van der Waals surface area contributed by atoms with Crippen molar-refractivity contribution in [1.82, 2.24) is 14.8 Å². The Kier molecular flexibility index (Phi) is 4.94. The first-order chi connectivity index (χ1) is 8.66. The summed E-state index contributed by atoms with van der Waals surface area (Å²) in [5, 5.41) is 18.2. The molecule has 1 aromatic heterocycles. The fourth-order valence-electron chi connectivity index (χ4n) is 1.96. The number of thioether (sulfide) groups is 2. The molecular formula is C11H17N3O2S2. The van der Waals surface area contributed by atoms with E-state index in [1.807, 2.05) is 18.7 Å². The van der Waals surface area contributed by atoms with E-state index in [-0.39, 0.29) is 5.75 Å². The van der Waals surface area contributed by atoms with Gasteiger partial charge in [0, 0.05) is 11.8 Å². The Balaban J connectivity index is 2.01. The molecule has 1 aliphatic heterocycles. The molecule has 0 aliphatic carbocycles. The van der Waals surface area contributed by atoms with Crippen molar-refractivity contribution in [2.24, 2.45) is 0 Å². The van der Waals surface area contributed by atoms with Crippen LogP contribution >= 0.6 is 23.5 Å². The Labute approximate surface area is 115 Å². The number of hydrogen-bond donors (Lipinski definition) is 1. The lowest BCUT2D eigenvalue weighted by molar-refractivity contribution is -0.133. The van der Waals surface area contributed by atoms with Gasteiger partial charge in [0.05, 0.1) is 5.75 Å². The molecule has 18 heavy (non-hydrogen) atoms. The molecule has 1 fully saturated rings. The highest BCUT2D eigenvalue weighted by atomic mass is 32.2. The quantitative estimate of drug-likeness (QED) is 0.836. The lowest BCUT2D eigenvalue weighted by atomic mass is 10.2. The van der Waals surface area contributed by atoms with Gasteiger partial charge in [0.25, 0.3) is 0 Å². The number of carbonyl (C=O) groups is 1. The number of hydrogen-bond acceptors (Lipinski definition) is 5. The molecule has 2 heterocycles. The van der Waals surface area contributed by atoms with E-state index in [1.165, 1.54) is 36.8 Å². The molecule has 0 aromatic carbocycles. The van der Waals surface area contributed by atoms with Gasteiger partial charge in [-0.3, -0.25) is 4.79 Å². The molecule has 1 N–H and O–H groups in total. The van der Waals surface area contributed by atoms with Crippen molar-refractivity contribution in [2.45, 2.75) is 43.1 Å². The standard InChI is InChI=1S/C11H17N3O2S2/c1-8-12-13-11(18-7-10(15)16)14(8)6-9-4-2-3-5-17-9/h9H,2-7H2,1H3,(H,15,16). The third-order valence-corrected chi connectivity index (χ3v) is 5.22. The number of carboxylic acid groups (broad SMARTS) is 1. The molecule has 1 aliphatic rings. The van der Waals surface area contributed by atoms with Gasteiger partial charge in [-0.1, -0.05) is 18.2 Å². The highest BCUT2D eigenvalue weighted by Crippen LogP contribution is 2.28. The summed E-state index contributed by atoms with van der Waals surface area (Å²) in [6, 6.07) is 0. The highest BCUT2D eigenvalue weighted by Gasteiger charge is 2.18. The van der Waals surface area contributed by atoms with E-state index in [0.717, 1.165) is 17.5 Å². The van der Waals surface area contributed by atoms with Crippen molar-refractivity contribution in [3.63, 3.8) is 0 Å². The topological polar surface area (TPSA) is 68.0 Å². The summed E-state index contributed by atoms with van der Waals surface area (Å²) in [6.07, 6.45) is 3.82. The van der Waals surface area contributed by atoms with Gasteiger partial charge in [-0.25, -0.2) is 0 Å². The maximum atomic E-state index is 10.6. The SMILES string of the molecule is Cc1nnc(SCC(=O)O)n1CC1CCCCS1. The van der Waals surface area contributed by atoms with Gasteiger partial charge in [-0.05, 0) is 25.5 Å². The summed E-state index contributed by atoms with van der Waals surface area (Å²) >= 11 is 3.25. The summed E-state index contributed by atoms with van der Waals surface area (Å²) < 4.78 is 2.05. The number of aryl methyl sites for hydroxylation is 1. The fourth-order valence-corrected chi connectivity index (χ4v) is 3.97. The van der Waals surface area contributed by atoms with Crippen molar-refractivity contribution in [2.75, 3.05) is 11.5 Å². The maximum absolute atomic E-state index is 10.6.